The maximum absolute atomic E-state index is 2.38. The predicted octanol–water partition coefficient (Wildman–Crippen LogP) is 5.23. The molecule has 0 aliphatic rings. The molecule has 118 valence electrons. The molecule has 0 bridgehead atoms. The summed E-state index contributed by atoms with van der Waals surface area (Å²) in [4.78, 5) is 2.38. The van der Waals surface area contributed by atoms with Gasteiger partial charge in [0.15, 0.2) is 0 Å². The van der Waals surface area contributed by atoms with Gasteiger partial charge in [-0.05, 0) is 54.1 Å². The molecule has 0 aromatic heterocycles. The van der Waals surface area contributed by atoms with Crippen LogP contribution in [0.2, 0.25) is 0 Å². The van der Waals surface area contributed by atoms with E-state index in [0.29, 0.717) is 0 Å². The summed E-state index contributed by atoms with van der Waals surface area (Å²) >= 11 is 0. The lowest BCUT2D eigenvalue weighted by atomic mass is 9.87. The molecular formula is C21H29N. The predicted molar refractivity (Wildman–Crippen MR) is 96.2 cm³/mol. The molecule has 1 nitrogen and oxygen atoms in total. The van der Waals surface area contributed by atoms with Crippen LogP contribution in [0.25, 0.3) is 0 Å². The standard InChI is InChI=1S/C21H29N/c1-16-8-7-9-19(17(16)2)15-22(6)14-18-10-12-20(13-11-18)21(3,4)5/h7-13H,14-15H2,1-6H3. The van der Waals surface area contributed by atoms with Crippen molar-refractivity contribution in [3.8, 4) is 0 Å². The molecular weight excluding hydrogens is 266 g/mol. The van der Waals surface area contributed by atoms with Gasteiger partial charge in [0.05, 0.1) is 0 Å². The number of rotatable bonds is 4. The van der Waals surface area contributed by atoms with Crippen LogP contribution in [0.5, 0.6) is 0 Å². The van der Waals surface area contributed by atoms with Crippen LogP contribution >= 0.6 is 0 Å². The van der Waals surface area contributed by atoms with E-state index in [-0.39, 0.29) is 5.41 Å². The maximum Gasteiger partial charge on any atom is 0.0236 e. The van der Waals surface area contributed by atoms with Crippen LogP contribution in [-0.4, -0.2) is 11.9 Å². The van der Waals surface area contributed by atoms with Gasteiger partial charge in [0, 0.05) is 13.1 Å². The third-order valence-corrected chi connectivity index (χ3v) is 4.43. The van der Waals surface area contributed by atoms with Crippen molar-refractivity contribution in [2.45, 2.75) is 53.1 Å². The molecule has 0 radical (unpaired) electrons. The SMILES string of the molecule is Cc1cccc(CN(C)Cc2ccc(C(C)(C)C)cc2)c1C. The number of hydrogen-bond donors (Lipinski definition) is 0. The van der Waals surface area contributed by atoms with E-state index in [4.69, 9.17) is 0 Å². The highest BCUT2D eigenvalue weighted by molar-refractivity contribution is 5.33. The van der Waals surface area contributed by atoms with Crippen molar-refractivity contribution >= 4 is 0 Å². The smallest absolute Gasteiger partial charge is 0.0236 e. The number of nitrogens with zero attached hydrogens (tertiary/aromatic N) is 1. The second kappa shape index (κ2) is 6.66. The van der Waals surface area contributed by atoms with Crippen molar-refractivity contribution < 1.29 is 0 Å². The monoisotopic (exact) mass is 295 g/mol. The molecule has 0 amide bonds. The van der Waals surface area contributed by atoms with Crippen LogP contribution in [0.3, 0.4) is 0 Å². The van der Waals surface area contributed by atoms with E-state index in [1.165, 1.54) is 27.8 Å². The maximum atomic E-state index is 2.38. The molecule has 0 spiro atoms. The van der Waals surface area contributed by atoms with Crippen LogP contribution in [0.4, 0.5) is 0 Å². The Hall–Kier alpha value is -1.60. The highest BCUT2D eigenvalue weighted by Gasteiger charge is 2.13. The van der Waals surface area contributed by atoms with E-state index in [0.717, 1.165) is 13.1 Å². The summed E-state index contributed by atoms with van der Waals surface area (Å²) in [5.74, 6) is 0. The zero-order valence-electron chi connectivity index (χ0n) is 14.9. The molecule has 0 saturated heterocycles. The van der Waals surface area contributed by atoms with Crippen molar-refractivity contribution in [1.82, 2.24) is 4.90 Å². The zero-order chi connectivity index (χ0) is 16.3. The van der Waals surface area contributed by atoms with Gasteiger partial charge in [-0.2, -0.15) is 0 Å². The molecule has 0 fully saturated rings. The minimum atomic E-state index is 0.225. The van der Waals surface area contributed by atoms with Gasteiger partial charge < -0.3 is 0 Å². The van der Waals surface area contributed by atoms with Crippen LogP contribution in [-0.2, 0) is 18.5 Å². The third-order valence-electron chi connectivity index (χ3n) is 4.43. The summed E-state index contributed by atoms with van der Waals surface area (Å²) in [7, 11) is 2.19. The quantitative estimate of drug-likeness (QED) is 0.746. The van der Waals surface area contributed by atoms with Crippen LogP contribution in [0.15, 0.2) is 42.5 Å². The fourth-order valence-corrected chi connectivity index (χ4v) is 2.75. The molecule has 0 aliphatic heterocycles. The summed E-state index contributed by atoms with van der Waals surface area (Å²) in [6, 6.07) is 15.6. The van der Waals surface area contributed by atoms with E-state index in [1.807, 2.05) is 0 Å². The van der Waals surface area contributed by atoms with E-state index in [1.54, 1.807) is 0 Å². The molecule has 0 heterocycles. The lowest BCUT2D eigenvalue weighted by Crippen LogP contribution is -2.18. The molecule has 2 aromatic rings. The average molecular weight is 295 g/mol. The number of hydrogen-bond acceptors (Lipinski definition) is 1. The zero-order valence-corrected chi connectivity index (χ0v) is 14.9. The summed E-state index contributed by atoms with van der Waals surface area (Å²) in [5.41, 5.74) is 7.21. The highest BCUT2D eigenvalue weighted by atomic mass is 15.1. The van der Waals surface area contributed by atoms with E-state index in [9.17, 15) is 0 Å². The molecule has 22 heavy (non-hydrogen) atoms. The van der Waals surface area contributed by atoms with Crippen molar-refractivity contribution in [2.24, 2.45) is 0 Å². The fourth-order valence-electron chi connectivity index (χ4n) is 2.75. The van der Waals surface area contributed by atoms with E-state index in [2.05, 4.69) is 89.0 Å². The molecule has 2 rings (SSSR count). The first kappa shape index (κ1) is 16.8. The molecule has 0 aliphatic carbocycles. The summed E-state index contributed by atoms with van der Waals surface area (Å²) in [6.45, 7) is 13.2. The molecule has 0 saturated carbocycles. The second-order valence-corrected chi connectivity index (χ2v) is 7.48. The Bertz CT molecular complexity index is 617. The van der Waals surface area contributed by atoms with Crippen LogP contribution in [0, 0.1) is 13.8 Å². The Morgan fingerprint density at radius 2 is 1.50 bits per heavy atom. The van der Waals surface area contributed by atoms with Gasteiger partial charge in [-0.25, -0.2) is 0 Å². The Morgan fingerprint density at radius 3 is 2.09 bits per heavy atom. The molecule has 0 unspecified atom stereocenters. The molecule has 2 aromatic carbocycles. The first-order valence-electron chi connectivity index (χ1n) is 8.10. The topological polar surface area (TPSA) is 3.24 Å². The number of benzene rings is 2. The van der Waals surface area contributed by atoms with Gasteiger partial charge in [-0.1, -0.05) is 63.2 Å². The fraction of sp³-hybridized carbons (Fsp3) is 0.429. The Balaban J connectivity index is 2.03. The summed E-state index contributed by atoms with van der Waals surface area (Å²) in [5, 5.41) is 0. The van der Waals surface area contributed by atoms with Gasteiger partial charge in [-0.15, -0.1) is 0 Å². The largest absolute Gasteiger partial charge is 0.298 e. The summed E-state index contributed by atoms with van der Waals surface area (Å²) in [6.07, 6.45) is 0. The molecule has 1 heteroatoms. The van der Waals surface area contributed by atoms with Crippen LogP contribution in [0.1, 0.15) is 48.6 Å². The minimum Gasteiger partial charge on any atom is -0.298 e. The van der Waals surface area contributed by atoms with E-state index < -0.39 is 0 Å². The van der Waals surface area contributed by atoms with Crippen molar-refractivity contribution in [3.63, 3.8) is 0 Å². The third kappa shape index (κ3) is 4.20. The lowest BCUT2D eigenvalue weighted by Gasteiger charge is -2.21. The first-order chi connectivity index (χ1) is 10.3. The van der Waals surface area contributed by atoms with Crippen LogP contribution < -0.4 is 0 Å². The van der Waals surface area contributed by atoms with E-state index >= 15 is 0 Å². The van der Waals surface area contributed by atoms with Crippen molar-refractivity contribution in [1.29, 1.82) is 0 Å². The number of aryl methyl sites for hydroxylation is 1. The average Bonchev–Trinajstić information content (AvgIpc) is 2.43. The second-order valence-electron chi connectivity index (χ2n) is 7.48. The van der Waals surface area contributed by atoms with Gasteiger partial charge >= 0.3 is 0 Å². The Labute approximate surface area is 136 Å². The minimum absolute atomic E-state index is 0.225. The first-order valence-corrected chi connectivity index (χ1v) is 8.10. The van der Waals surface area contributed by atoms with Crippen molar-refractivity contribution in [3.05, 3.63) is 70.3 Å². The van der Waals surface area contributed by atoms with Crippen molar-refractivity contribution in [2.75, 3.05) is 7.05 Å². The Kier molecular flexibility index (Phi) is 5.08. The summed E-state index contributed by atoms with van der Waals surface area (Å²) < 4.78 is 0. The molecule has 0 atom stereocenters. The molecule has 0 N–H and O–H groups in total. The normalized spacial score (nSPS) is 12.0. The Morgan fingerprint density at radius 1 is 0.864 bits per heavy atom. The van der Waals surface area contributed by atoms with Gasteiger partial charge in [0.2, 0.25) is 0 Å². The van der Waals surface area contributed by atoms with Gasteiger partial charge in [-0.3, -0.25) is 4.90 Å². The van der Waals surface area contributed by atoms with Gasteiger partial charge in [0.1, 0.15) is 0 Å². The lowest BCUT2D eigenvalue weighted by molar-refractivity contribution is 0.318. The van der Waals surface area contributed by atoms with Gasteiger partial charge in [0.25, 0.3) is 0 Å². The highest BCUT2D eigenvalue weighted by Crippen LogP contribution is 2.22.